The second kappa shape index (κ2) is 7.91. The third-order valence-electron chi connectivity index (χ3n) is 5.38. The van der Waals surface area contributed by atoms with Crippen molar-refractivity contribution in [2.24, 2.45) is 0 Å². The molecular weight excluding hydrogens is 366 g/mol. The number of para-hydroxylation sites is 1. The number of allylic oxidation sites excluding steroid dienone is 3. The molecule has 2 N–H and O–H groups in total. The molecule has 0 unspecified atom stereocenters. The molecule has 6 nitrogen and oxygen atoms in total. The van der Waals surface area contributed by atoms with Crippen LogP contribution in [0.2, 0.25) is 0 Å². The number of ketones is 1. The van der Waals surface area contributed by atoms with Gasteiger partial charge in [0, 0.05) is 40.7 Å². The maximum absolute atomic E-state index is 13.3. The van der Waals surface area contributed by atoms with Crippen LogP contribution in [0.1, 0.15) is 37.7 Å². The number of amides is 1. The fraction of sp³-hybridized carbons (Fsp3) is 0.261. The summed E-state index contributed by atoms with van der Waals surface area (Å²) in [6.45, 7) is 1.87. The van der Waals surface area contributed by atoms with Gasteiger partial charge in [-0.15, -0.1) is 0 Å². The maximum atomic E-state index is 13.3. The third kappa shape index (κ3) is 3.53. The molecule has 148 valence electrons. The summed E-state index contributed by atoms with van der Waals surface area (Å²) in [6.07, 6.45) is 3.71. The smallest absolute Gasteiger partial charge is 0.255 e. The molecule has 1 aliphatic heterocycles. The number of aromatic nitrogens is 1. The van der Waals surface area contributed by atoms with Crippen molar-refractivity contribution in [3.8, 4) is 5.75 Å². The molecule has 0 radical (unpaired) electrons. The largest absolute Gasteiger partial charge is 0.496 e. The highest BCUT2D eigenvalue weighted by Crippen LogP contribution is 2.45. The van der Waals surface area contributed by atoms with Crippen LogP contribution in [0.4, 0.5) is 5.82 Å². The number of Topliss-reactive ketones (excluding diaryl/α,β-unsaturated/α-hetero) is 1. The summed E-state index contributed by atoms with van der Waals surface area (Å²) in [7, 11) is 1.60. The summed E-state index contributed by atoms with van der Waals surface area (Å²) >= 11 is 0. The lowest BCUT2D eigenvalue weighted by Gasteiger charge is -2.35. The lowest BCUT2D eigenvalue weighted by atomic mass is 9.74. The number of methoxy groups -OCH3 is 1. The molecule has 1 aliphatic carbocycles. The highest BCUT2D eigenvalue weighted by Gasteiger charge is 2.39. The van der Waals surface area contributed by atoms with E-state index in [0.29, 0.717) is 29.1 Å². The predicted molar refractivity (Wildman–Crippen MR) is 110 cm³/mol. The zero-order valence-electron chi connectivity index (χ0n) is 16.5. The van der Waals surface area contributed by atoms with Gasteiger partial charge in [0.15, 0.2) is 5.78 Å². The van der Waals surface area contributed by atoms with E-state index in [1.165, 1.54) is 0 Å². The summed E-state index contributed by atoms with van der Waals surface area (Å²) in [5.74, 6) is 0.422. The Morgan fingerprint density at radius 1 is 1.17 bits per heavy atom. The van der Waals surface area contributed by atoms with Crippen molar-refractivity contribution in [1.29, 1.82) is 0 Å². The van der Waals surface area contributed by atoms with Crippen LogP contribution in [-0.4, -0.2) is 23.8 Å². The van der Waals surface area contributed by atoms with Gasteiger partial charge in [-0.1, -0.05) is 24.3 Å². The number of nitrogens with one attached hydrogen (secondary N) is 2. The first-order chi connectivity index (χ1) is 14.1. The topological polar surface area (TPSA) is 80.3 Å². The lowest BCUT2D eigenvalue weighted by Crippen LogP contribution is -2.35. The number of anilines is 1. The number of dihydropyridines is 1. The van der Waals surface area contributed by atoms with Crippen LogP contribution in [0.3, 0.4) is 0 Å². The van der Waals surface area contributed by atoms with E-state index in [0.717, 1.165) is 29.8 Å². The zero-order valence-corrected chi connectivity index (χ0v) is 16.5. The molecule has 29 heavy (non-hydrogen) atoms. The molecule has 1 amide bonds. The van der Waals surface area contributed by atoms with E-state index in [4.69, 9.17) is 4.74 Å². The summed E-state index contributed by atoms with van der Waals surface area (Å²) in [6, 6.07) is 12.9. The molecule has 0 fully saturated rings. The molecule has 0 spiro atoms. The fourth-order valence-electron chi connectivity index (χ4n) is 4.12. The molecule has 1 atom stereocenters. The minimum Gasteiger partial charge on any atom is -0.496 e. The molecule has 6 heteroatoms. The van der Waals surface area contributed by atoms with Crippen molar-refractivity contribution in [2.75, 3.05) is 12.4 Å². The van der Waals surface area contributed by atoms with Gasteiger partial charge in [0.2, 0.25) is 0 Å². The SMILES string of the molecule is COc1ccccc1[C@@H]1C(C(=O)Nc2ccccn2)=C(C)NC2=C1C(=O)CCC2. The van der Waals surface area contributed by atoms with Gasteiger partial charge >= 0.3 is 0 Å². The van der Waals surface area contributed by atoms with Crippen LogP contribution in [0, 0.1) is 0 Å². The van der Waals surface area contributed by atoms with E-state index in [-0.39, 0.29) is 11.7 Å². The van der Waals surface area contributed by atoms with E-state index >= 15 is 0 Å². The van der Waals surface area contributed by atoms with Gasteiger partial charge in [-0.05, 0) is 38.0 Å². The minimum absolute atomic E-state index is 0.0743. The summed E-state index contributed by atoms with van der Waals surface area (Å²) in [5, 5.41) is 6.19. The van der Waals surface area contributed by atoms with Crippen molar-refractivity contribution in [2.45, 2.75) is 32.1 Å². The second-order valence-electron chi connectivity index (χ2n) is 7.18. The number of carbonyl (C=O) groups is 2. The molecule has 1 aromatic carbocycles. The standard InChI is InChI=1S/C23H23N3O3/c1-14-20(23(28)26-19-12-5-6-13-24-19)21(15-8-3-4-11-18(15)29-2)22-16(25-14)9-7-10-17(22)27/h3-6,8,11-13,21,25H,7,9-10H2,1-2H3,(H,24,26,28)/t21-/m1/s1. The summed E-state index contributed by atoms with van der Waals surface area (Å²) < 4.78 is 5.57. The monoisotopic (exact) mass is 389 g/mol. The first-order valence-corrected chi connectivity index (χ1v) is 9.69. The van der Waals surface area contributed by atoms with Crippen molar-refractivity contribution >= 4 is 17.5 Å². The molecule has 0 saturated carbocycles. The zero-order chi connectivity index (χ0) is 20.4. The number of carbonyl (C=O) groups excluding carboxylic acids is 2. The average Bonchev–Trinajstić information content (AvgIpc) is 2.73. The fourth-order valence-corrected chi connectivity index (χ4v) is 4.12. The third-order valence-corrected chi connectivity index (χ3v) is 5.38. The Kier molecular flexibility index (Phi) is 5.16. The number of benzene rings is 1. The second-order valence-corrected chi connectivity index (χ2v) is 7.18. The quantitative estimate of drug-likeness (QED) is 0.834. The lowest BCUT2D eigenvalue weighted by molar-refractivity contribution is -0.116. The number of hydrogen-bond donors (Lipinski definition) is 2. The molecule has 2 aliphatic rings. The number of hydrogen-bond acceptors (Lipinski definition) is 5. The van der Waals surface area contributed by atoms with Gasteiger partial charge in [-0.3, -0.25) is 9.59 Å². The maximum Gasteiger partial charge on any atom is 0.255 e. The summed E-state index contributed by atoms with van der Waals surface area (Å²) in [4.78, 5) is 30.4. The van der Waals surface area contributed by atoms with Crippen molar-refractivity contribution in [3.05, 3.63) is 76.8 Å². The molecule has 0 bridgehead atoms. The predicted octanol–water partition coefficient (Wildman–Crippen LogP) is 3.70. The Hall–Kier alpha value is -3.41. The van der Waals surface area contributed by atoms with Gasteiger partial charge < -0.3 is 15.4 Å². The molecule has 2 aromatic rings. The van der Waals surface area contributed by atoms with Gasteiger partial charge in [-0.2, -0.15) is 0 Å². The average molecular weight is 389 g/mol. The van der Waals surface area contributed by atoms with E-state index in [9.17, 15) is 9.59 Å². The van der Waals surface area contributed by atoms with Crippen molar-refractivity contribution < 1.29 is 14.3 Å². The Morgan fingerprint density at radius 3 is 2.72 bits per heavy atom. The van der Waals surface area contributed by atoms with Gasteiger partial charge in [0.25, 0.3) is 5.91 Å². The van der Waals surface area contributed by atoms with Gasteiger partial charge in [0.1, 0.15) is 11.6 Å². The Labute approximate surface area is 169 Å². The first-order valence-electron chi connectivity index (χ1n) is 9.69. The molecule has 0 saturated heterocycles. The summed E-state index contributed by atoms with van der Waals surface area (Å²) in [5.41, 5.74) is 3.63. The van der Waals surface area contributed by atoms with Crippen LogP contribution in [-0.2, 0) is 9.59 Å². The van der Waals surface area contributed by atoms with Crippen molar-refractivity contribution in [1.82, 2.24) is 10.3 Å². The first kappa shape index (κ1) is 18.9. The number of pyridine rings is 1. The molecular formula is C23H23N3O3. The number of nitrogens with zero attached hydrogens (tertiary/aromatic N) is 1. The van der Waals surface area contributed by atoms with Crippen LogP contribution >= 0.6 is 0 Å². The normalized spacial score (nSPS) is 18.8. The Balaban J connectivity index is 1.83. The van der Waals surface area contributed by atoms with E-state index < -0.39 is 5.92 Å². The van der Waals surface area contributed by atoms with Crippen molar-refractivity contribution in [3.63, 3.8) is 0 Å². The molecule has 4 rings (SSSR count). The van der Waals surface area contributed by atoms with Gasteiger partial charge in [0.05, 0.1) is 13.0 Å². The van der Waals surface area contributed by atoms with E-state index in [2.05, 4.69) is 15.6 Å². The Bertz CT molecular complexity index is 1020. The number of ether oxygens (including phenoxy) is 1. The highest BCUT2D eigenvalue weighted by atomic mass is 16.5. The van der Waals surface area contributed by atoms with Gasteiger partial charge in [-0.25, -0.2) is 4.98 Å². The molecule has 1 aromatic heterocycles. The van der Waals surface area contributed by atoms with E-state index in [1.807, 2.05) is 37.3 Å². The van der Waals surface area contributed by atoms with Crippen LogP contribution < -0.4 is 15.4 Å². The number of rotatable bonds is 4. The van der Waals surface area contributed by atoms with Crippen LogP contribution in [0.25, 0.3) is 0 Å². The molecule has 2 heterocycles. The van der Waals surface area contributed by atoms with Crippen LogP contribution in [0.15, 0.2) is 71.2 Å². The minimum atomic E-state index is -0.487. The van der Waals surface area contributed by atoms with E-state index in [1.54, 1.807) is 25.4 Å². The Morgan fingerprint density at radius 2 is 1.97 bits per heavy atom. The highest BCUT2D eigenvalue weighted by molar-refractivity contribution is 6.09. The van der Waals surface area contributed by atoms with Crippen LogP contribution in [0.5, 0.6) is 5.75 Å².